The van der Waals surface area contributed by atoms with Crippen molar-refractivity contribution in [2.75, 3.05) is 4.90 Å². The Hall–Kier alpha value is -7.74. The van der Waals surface area contributed by atoms with Crippen LogP contribution in [-0.2, 0) is 5.41 Å². The summed E-state index contributed by atoms with van der Waals surface area (Å²) in [6.45, 7) is 0. The third-order valence-electron chi connectivity index (χ3n) is 12.3. The molecule has 10 aromatic rings. The predicted molar refractivity (Wildman–Crippen MR) is 252 cm³/mol. The van der Waals surface area contributed by atoms with Gasteiger partial charge in [-0.1, -0.05) is 200 Å². The molecule has 1 aliphatic rings. The lowest BCUT2D eigenvalue weighted by Crippen LogP contribution is -2.28. The number of nitrogens with zero attached hydrogens (tertiary/aromatic N) is 1. The largest absolute Gasteiger partial charge is 0.311 e. The third-order valence-corrected chi connectivity index (χ3v) is 12.3. The van der Waals surface area contributed by atoms with Gasteiger partial charge in [0.2, 0.25) is 0 Å². The summed E-state index contributed by atoms with van der Waals surface area (Å²) in [5, 5.41) is 2.48. The van der Waals surface area contributed by atoms with E-state index in [4.69, 9.17) is 0 Å². The molecule has 0 bridgehead atoms. The fraction of sp³-hybridized carbons (Fsp3) is 0.0169. The Morgan fingerprint density at radius 1 is 0.267 bits per heavy atom. The molecule has 0 radical (unpaired) electrons. The number of benzene rings is 10. The fourth-order valence-corrected chi connectivity index (χ4v) is 9.59. The maximum Gasteiger partial charge on any atom is 0.0713 e. The van der Waals surface area contributed by atoms with Gasteiger partial charge in [0.1, 0.15) is 0 Å². The molecule has 0 amide bonds. The molecule has 0 heterocycles. The van der Waals surface area contributed by atoms with Gasteiger partial charge in [-0.3, -0.25) is 0 Å². The fourth-order valence-electron chi connectivity index (χ4n) is 9.59. The molecule has 1 nitrogen and oxygen atoms in total. The highest BCUT2D eigenvalue weighted by atomic mass is 15.1. The van der Waals surface area contributed by atoms with Gasteiger partial charge >= 0.3 is 0 Å². The van der Waals surface area contributed by atoms with E-state index in [-0.39, 0.29) is 0 Å². The number of fused-ring (bicyclic) bond motifs is 4. The molecular weight excluding hydrogens is 723 g/mol. The lowest BCUT2D eigenvalue weighted by Gasteiger charge is -2.34. The van der Waals surface area contributed by atoms with Crippen LogP contribution in [0.3, 0.4) is 0 Å². The van der Waals surface area contributed by atoms with Crippen molar-refractivity contribution in [2.24, 2.45) is 0 Å². The Balaban J connectivity index is 0.973. The zero-order valence-electron chi connectivity index (χ0n) is 33.1. The van der Waals surface area contributed by atoms with E-state index in [1.54, 1.807) is 0 Å². The number of hydrogen-bond acceptors (Lipinski definition) is 1. The monoisotopic (exact) mass is 763 g/mol. The summed E-state index contributed by atoms with van der Waals surface area (Å²) in [4.78, 5) is 2.35. The van der Waals surface area contributed by atoms with Crippen molar-refractivity contribution in [3.8, 4) is 44.5 Å². The van der Waals surface area contributed by atoms with Crippen LogP contribution in [0.15, 0.2) is 249 Å². The quantitative estimate of drug-likeness (QED) is 0.149. The van der Waals surface area contributed by atoms with Crippen LogP contribution in [0.2, 0.25) is 0 Å². The number of rotatable bonds is 8. The lowest BCUT2D eigenvalue weighted by molar-refractivity contribution is 0.768. The van der Waals surface area contributed by atoms with E-state index in [9.17, 15) is 0 Å². The molecule has 1 heteroatoms. The van der Waals surface area contributed by atoms with Gasteiger partial charge < -0.3 is 4.90 Å². The van der Waals surface area contributed by atoms with Crippen LogP contribution in [0.25, 0.3) is 55.3 Å². The molecular formula is C59H41N. The van der Waals surface area contributed by atoms with Gasteiger partial charge in [0.15, 0.2) is 0 Å². The summed E-state index contributed by atoms with van der Waals surface area (Å²) in [5.74, 6) is 0. The molecule has 0 saturated carbocycles. The van der Waals surface area contributed by atoms with Crippen LogP contribution in [-0.4, -0.2) is 0 Å². The first-order valence-electron chi connectivity index (χ1n) is 20.8. The van der Waals surface area contributed by atoms with Crippen LogP contribution in [0.4, 0.5) is 17.1 Å². The topological polar surface area (TPSA) is 3.24 Å². The van der Waals surface area contributed by atoms with E-state index in [0.717, 1.165) is 17.1 Å². The van der Waals surface area contributed by atoms with Gasteiger partial charge in [0, 0.05) is 17.1 Å². The smallest absolute Gasteiger partial charge is 0.0713 e. The van der Waals surface area contributed by atoms with Crippen LogP contribution in [0, 0.1) is 0 Å². The van der Waals surface area contributed by atoms with Gasteiger partial charge in [-0.2, -0.15) is 0 Å². The van der Waals surface area contributed by atoms with Crippen LogP contribution < -0.4 is 4.90 Å². The molecule has 60 heavy (non-hydrogen) atoms. The first-order chi connectivity index (χ1) is 29.8. The molecule has 0 unspecified atom stereocenters. The normalized spacial score (nSPS) is 12.5. The van der Waals surface area contributed by atoms with Gasteiger partial charge in [-0.05, 0) is 126 Å². The molecule has 11 rings (SSSR count). The molecule has 0 spiro atoms. The zero-order chi connectivity index (χ0) is 39.9. The SMILES string of the molecule is c1ccc(-c2ccc3ccc(-c4ccc(N(c5ccccc5)c5ccc(-c6cccc7c6-c6ccccc6C7(c6ccccc6)c6ccccc6)cc5)cc4)cc3c2)cc1. The van der Waals surface area contributed by atoms with E-state index in [2.05, 4.69) is 254 Å². The minimum absolute atomic E-state index is 0.432. The Morgan fingerprint density at radius 3 is 1.30 bits per heavy atom. The molecule has 0 N–H and O–H groups in total. The van der Waals surface area contributed by atoms with E-state index < -0.39 is 5.41 Å². The Bertz CT molecular complexity index is 3060. The first kappa shape index (κ1) is 35.4. The van der Waals surface area contributed by atoms with Crippen LogP contribution >= 0.6 is 0 Å². The van der Waals surface area contributed by atoms with Gasteiger partial charge in [-0.15, -0.1) is 0 Å². The van der Waals surface area contributed by atoms with Crippen molar-refractivity contribution >= 4 is 27.8 Å². The van der Waals surface area contributed by atoms with E-state index in [1.807, 2.05) is 0 Å². The van der Waals surface area contributed by atoms with Crippen molar-refractivity contribution in [3.05, 3.63) is 271 Å². The molecule has 0 aliphatic heterocycles. The molecule has 1 aliphatic carbocycles. The average molecular weight is 764 g/mol. The van der Waals surface area contributed by atoms with Crippen molar-refractivity contribution in [1.29, 1.82) is 0 Å². The summed E-state index contributed by atoms with van der Waals surface area (Å²) in [7, 11) is 0. The lowest BCUT2D eigenvalue weighted by atomic mass is 9.67. The highest BCUT2D eigenvalue weighted by Gasteiger charge is 2.46. The van der Waals surface area contributed by atoms with E-state index >= 15 is 0 Å². The Morgan fingerprint density at radius 2 is 0.700 bits per heavy atom. The summed E-state index contributed by atoms with van der Waals surface area (Å²) >= 11 is 0. The highest BCUT2D eigenvalue weighted by molar-refractivity contribution is 5.96. The van der Waals surface area contributed by atoms with E-state index in [0.29, 0.717) is 0 Å². The highest BCUT2D eigenvalue weighted by Crippen LogP contribution is 2.58. The molecule has 0 fully saturated rings. The molecule has 0 aromatic heterocycles. The number of anilines is 3. The second-order valence-electron chi connectivity index (χ2n) is 15.7. The van der Waals surface area contributed by atoms with Crippen molar-refractivity contribution in [2.45, 2.75) is 5.41 Å². The molecule has 282 valence electrons. The van der Waals surface area contributed by atoms with E-state index in [1.165, 1.54) is 77.5 Å². The van der Waals surface area contributed by atoms with Gasteiger partial charge in [0.05, 0.1) is 5.41 Å². The minimum atomic E-state index is -0.432. The average Bonchev–Trinajstić information content (AvgIpc) is 3.64. The zero-order valence-corrected chi connectivity index (χ0v) is 33.1. The van der Waals surface area contributed by atoms with Crippen LogP contribution in [0.1, 0.15) is 22.3 Å². The van der Waals surface area contributed by atoms with Crippen molar-refractivity contribution in [1.82, 2.24) is 0 Å². The number of hydrogen-bond donors (Lipinski definition) is 0. The molecule has 0 saturated heterocycles. The summed E-state index contributed by atoms with van der Waals surface area (Å²) in [6.07, 6.45) is 0. The summed E-state index contributed by atoms with van der Waals surface area (Å²) < 4.78 is 0. The third kappa shape index (κ3) is 5.94. The molecule has 0 atom stereocenters. The second-order valence-corrected chi connectivity index (χ2v) is 15.7. The standard InChI is InChI=1S/C59H41N/c1-5-16-42(17-6-1)46-30-28-44-29-31-47(41-48(44)40-46)43-32-36-52(37-33-43)60(51-22-11-4-12-23-51)53-38-34-45(35-39-53)54-25-15-27-57-58(54)55-24-13-14-26-56(55)59(57,49-18-7-2-8-19-49)50-20-9-3-10-21-50/h1-41H. The Kier molecular flexibility index (Phi) is 8.79. The Labute approximate surface area is 352 Å². The van der Waals surface area contributed by atoms with Crippen molar-refractivity contribution in [3.63, 3.8) is 0 Å². The number of para-hydroxylation sites is 1. The maximum atomic E-state index is 2.35. The van der Waals surface area contributed by atoms with Crippen molar-refractivity contribution < 1.29 is 0 Å². The predicted octanol–water partition coefficient (Wildman–Crippen LogP) is 15.7. The second kappa shape index (κ2) is 14.9. The first-order valence-corrected chi connectivity index (χ1v) is 20.8. The van der Waals surface area contributed by atoms with Gasteiger partial charge in [-0.25, -0.2) is 0 Å². The molecule has 10 aromatic carbocycles. The summed E-state index contributed by atoms with van der Waals surface area (Å²) in [5.41, 5.74) is 18.0. The minimum Gasteiger partial charge on any atom is -0.311 e. The van der Waals surface area contributed by atoms with Gasteiger partial charge in [0.25, 0.3) is 0 Å². The maximum absolute atomic E-state index is 2.35. The summed E-state index contributed by atoms with van der Waals surface area (Å²) in [6, 6.07) is 90.8. The van der Waals surface area contributed by atoms with Crippen LogP contribution in [0.5, 0.6) is 0 Å².